The lowest BCUT2D eigenvalue weighted by Gasteiger charge is -2.46. The van der Waals surface area contributed by atoms with Crippen LogP contribution < -0.4 is 42.6 Å². The van der Waals surface area contributed by atoms with Crippen LogP contribution in [0.4, 0.5) is 101 Å². The van der Waals surface area contributed by atoms with Gasteiger partial charge in [-0.05, 0) is 57.8 Å². The van der Waals surface area contributed by atoms with Crippen molar-refractivity contribution < 1.29 is 153 Å². The van der Waals surface area contributed by atoms with Crippen molar-refractivity contribution in [3.8, 4) is 51.7 Å². The van der Waals surface area contributed by atoms with Crippen molar-refractivity contribution in [1.29, 1.82) is 0 Å². The van der Waals surface area contributed by atoms with Crippen molar-refractivity contribution in [2.75, 3.05) is 59.5 Å². The van der Waals surface area contributed by atoms with Crippen LogP contribution in [0.3, 0.4) is 0 Å². The largest absolute Gasteiger partial charge is 0.493 e. The fraction of sp³-hybridized carbons (Fsp3) is 0.712. The monoisotopic (exact) mass is 1520 g/mol. The fourth-order valence-corrected chi connectivity index (χ4v) is 12.4. The predicted molar refractivity (Wildman–Crippen MR) is 327 cm³/mol. The molecule has 0 spiro atoms. The highest BCUT2D eigenvalue weighted by atomic mass is 32.3. The molecule has 11 nitrogen and oxygen atoms in total. The highest BCUT2D eigenvalue weighted by Gasteiger charge is 2.99. The van der Waals surface area contributed by atoms with Crippen LogP contribution in [0.15, 0.2) is 51.1 Å². The quantitative estimate of drug-likeness (QED) is 0.0398. The molecule has 101 heavy (non-hydrogen) atoms. The molecule has 0 unspecified atom stereocenters. The molecule has 584 valence electrons. The summed E-state index contributed by atoms with van der Waals surface area (Å²) >= 11 is 0. The third-order valence-electron chi connectivity index (χ3n) is 15.0. The summed E-state index contributed by atoms with van der Waals surface area (Å²) < 4.78 is 413. The molecule has 0 aliphatic rings. The van der Waals surface area contributed by atoms with Gasteiger partial charge in [0.15, 0.2) is 0 Å². The van der Waals surface area contributed by atoms with Gasteiger partial charge in [-0.15, -0.1) is 0 Å². The third-order valence-corrected chi connectivity index (χ3v) is 18.4. The summed E-state index contributed by atoms with van der Waals surface area (Å²) in [4.78, 5) is 12.6. The van der Waals surface area contributed by atoms with Crippen molar-refractivity contribution in [3.63, 3.8) is 0 Å². The number of hydrogen-bond donors (Lipinski definition) is 0. The van der Waals surface area contributed by atoms with Crippen LogP contribution in [-0.4, -0.2) is 131 Å². The molecule has 0 aliphatic heterocycles. The van der Waals surface area contributed by atoms with Crippen molar-refractivity contribution in [2.24, 2.45) is 0 Å². The molecular formula is C66H87F23O11S. The molecule has 0 radical (unpaired) electrons. The number of unbranched alkanes of at least 4 members (excludes halogenated alkanes) is 9. The minimum Gasteiger partial charge on any atom is -0.493 e. The van der Waals surface area contributed by atoms with Crippen LogP contribution in [0.5, 0.6) is 51.7 Å². The number of rotatable bonds is 50. The summed E-state index contributed by atoms with van der Waals surface area (Å²) in [5.74, 6) is -102. The number of alkyl halides is 23. The van der Waals surface area contributed by atoms with E-state index < -0.39 is 171 Å². The van der Waals surface area contributed by atoms with Crippen LogP contribution in [0, 0.1) is 0 Å². The van der Waals surface area contributed by atoms with E-state index in [2.05, 4.69) is 0 Å². The van der Waals surface area contributed by atoms with Gasteiger partial charge in [0.05, 0.1) is 59.5 Å². The first kappa shape index (κ1) is 89.3. The Hall–Kier alpha value is -5.93. The summed E-state index contributed by atoms with van der Waals surface area (Å²) in [5, 5.41) is 0. The lowest BCUT2D eigenvalue weighted by atomic mass is 9.85. The van der Waals surface area contributed by atoms with Crippen molar-refractivity contribution >= 4 is 16.3 Å². The molecule has 0 heterocycles. The normalized spacial score (nSPS) is 13.6. The number of carbonyl (C=O) groups is 1. The second-order valence-electron chi connectivity index (χ2n) is 23.2. The number of halogens is 23. The van der Waals surface area contributed by atoms with E-state index in [0.29, 0.717) is 38.5 Å². The van der Waals surface area contributed by atoms with Gasteiger partial charge in [-0.2, -0.15) is 101 Å². The first-order valence-corrected chi connectivity index (χ1v) is 34.6. The number of carbonyl (C=O) groups excluding carboxylic acids is 1. The summed E-state index contributed by atoms with van der Waals surface area (Å²) in [7, 11) is -5.79. The maximum Gasteiger partial charge on any atom is 0.460 e. The Morgan fingerprint density at radius 1 is 0.267 bits per heavy atom. The van der Waals surface area contributed by atoms with Gasteiger partial charge >= 0.3 is 71.4 Å². The Labute approximate surface area is 572 Å². The Kier molecular flexibility index (Phi) is 32.9. The average molecular weight is 1530 g/mol. The fourth-order valence-electron chi connectivity index (χ4n) is 8.84. The lowest BCUT2D eigenvalue weighted by molar-refractivity contribution is -0.477. The lowest BCUT2D eigenvalue weighted by Crippen LogP contribution is -2.78. The number of ether oxygens (including phenoxy) is 9. The van der Waals surface area contributed by atoms with E-state index in [0.717, 1.165) is 36.4 Å². The smallest absolute Gasteiger partial charge is 0.460 e. The Bertz CT molecular complexity index is 2750. The van der Waals surface area contributed by atoms with Gasteiger partial charge in [0, 0.05) is 46.7 Å². The topological polar surface area (TPSA) is 109 Å². The second-order valence-corrected chi connectivity index (χ2v) is 25.7. The minimum absolute atomic E-state index is 0.0545. The van der Waals surface area contributed by atoms with Crippen LogP contribution in [0.2, 0.25) is 0 Å². The van der Waals surface area contributed by atoms with Gasteiger partial charge in [0.25, 0.3) is 0 Å². The summed E-state index contributed by atoms with van der Waals surface area (Å²) in [6, 6.07) is 6.17. The first-order valence-electron chi connectivity index (χ1n) is 33.0. The zero-order chi connectivity index (χ0) is 76.9. The van der Waals surface area contributed by atoms with Gasteiger partial charge in [-0.3, -0.25) is 0 Å². The third kappa shape index (κ3) is 18.8. The standard InChI is InChI=1S/C66H87F23O11S/c1-10-19-28-91-43-37-46(94-31-22-13-4)52(47(38-43)95-32-23-14-5)101(53-48(96-33-24-15-6)39-44(92-29-20-11-2)40-49(53)97-34-25-16-7,54-50(98-35-26-17-8)41-45(93-30-21-12-3)42-51(54)99-36-27-18-9)100-55(90)56(67,68)57(69,70)58(71,72)59(73,74)60(75,76)61(77,78)62(79,80)63(81,82)64(83,84)65(85,86)66(87,88)89/h37-42H,10-36H2,1-9H3. The molecule has 0 bridgehead atoms. The Morgan fingerprint density at radius 3 is 0.614 bits per heavy atom. The first-order chi connectivity index (χ1) is 46.9. The van der Waals surface area contributed by atoms with Crippen LogP contribution in [-0.2, 0) is 8.98 Å². The van der Waals surface area contributed by atoms with E-state index >= 15 is 57.5 Å². The maximum atomic E-state index is 17.7. The molecule has 3 rings (SSSR count). The molecular weight excluding hydrogens is 1440 g/mol. The van der Waals surface area contributed by atoms with Gasteiger partial charge < -0.3 is 46.8 Å². The van der Waals surface area contributed by atoms with Crippen molar-refractivity contribution in [1.82, 2.24) is 0 Å². The SMILES string of the molecule is CCCCOc1cc(OCCCC)c(S(OC(=O)C(F)(F)C(F)(F)C(F)(F)C(F)(F)C(F)(F)C(F)(F)C(F)(F)C(F)(F)C(F)(F)C(F)(F)C(F)(F)F)(c2c(OCCCC)cc(OCCCC)cc2OCCCC)c2c(OCCCC)cc(OCCCC)cc2OCCCC)c(OCCCC)c1. The maximum absolute atomic E-state index is 17.7. The summed E-state index contributed by atoms with van der Waals surface area (Å²) in [6.07, 6.45) is -3.86. The van der Waals surface area contributed by atoms with E-state index in [9.17, 15) is 48.3 Å². The number of benzene rings is 3. The van der Waals surface area contributed by atoms with Crippen LogP contribution in [0.1, 0.15) is 178 Å². The van der Waals surface area contributed by atoms with Crippen molar-refractivity contribution in [2.45, 2.75) is 258 Å². The summed E-state index contributed by atoms with van der Waals surface area (Å²) in [6.45, 7) is 12.0. The molecule has 3 aromatic carbocycles. The molecule has 3 aromatic rings. The number of hydrogen-bond acceptors (Lipinski definition) is 11. The van der Waals surface area contributed by atoms with Gasteiger partial charge in [-0.1, -0.05) is 120 Å². The predicted octanol–water partition coefficient (Wildman–Crippen LogP) is 23.0. The van der Waals surface area contributed by atoms with E-state index in [1.807, 2.05) is 0 Å². The highest BCUT2D eigenvalue weighted by Crippen LogP contribution is 2.81. The molecule has 0 N–H and O–H groups in total. The average Bonchev–Trinajstić information content (AvgIpc) is 0.692. The molecule has 35 heteroatoms. The molecule has 0 saturated carbocycles. The summed E-state index contributed by atoms with van der Waals surface area (Å²) in [5.41, 5.74) is 0. The molecule has 0 fully saturated rings. The Balaban J connectivity index is 3.10. The molecule has 0 atom stereocenters. The van der Waals surface area contributed by atoms with Crippen LogP contribution >= 0.6 is 10.3 Å². The van der Waals surface area contributed by atoms with Gasteiger partial charge in [0.2, 0.25) is 0 Å². The van der Waals surface area contributed by atoms with E-state index in [-0.39, 0.29) is 114 Å². The van der Waals surface area contributed by atoms with Gasteiger partial charge in [0.1, 0.15) is 66.4 Å². The minimum atomic E-state index is -9.72. The highest BCUT2D eigenvalue weighted by molar-refractivity contribution is 8.30. The second kappa shape index (κ2) is 37.2. The van der Waals surface area contributed by atoms with E-state index in [1.54, 1.807) is 62.3 Å². The van der Waals surface area contributed by atoms with Crippen LogP contribution in [0.25, 0.3) is 0 Å². The zero-order valence-corrected chi connectivity index (χ0v) is 58.0. The van der Waals surface area contributed by atoms with E-state index in [4.69, 9.17) is 46.8 Å². The molecule has 0 amide bonds. The molecule has 0 saturated heterocycles. The van der Waals surface area contributed by atoms with Crippen molar-refractivity contribution in [3.05, 3.63) is 36.4 Å². The Morgan fingerprint density at radius 2 is 0.436 bits per heavy atom. The van der Waals surface area contributed by atoms with Gasteiger partial charge in [-0.25, -0.2) is 4.79 Å². The molecule has 0 aliphatic carbocycles. The molecule has 0 aromatic heterocycles. The van der Waals surface area contributed by atoms with E-state index in [1.165, 1.54) is 0 Å². The zero-order valence-electron chi connectivity index (χ0n) is 57.1.